The summed E-state index contributed by atoms with van der Waals surface area (Å²) in [5.41, 5.74) is -0.379. The van der Waals surface area contributed by atoms with Crippen molar-refractivity contribution in [1.29, 1.82) is 0 Å². The summed E-state index contributed by atoms with van der Waals surface area (Å²) in [6.45, 7) is 4.12. The minimum Gasteiger partial charge on any atom is -0.493 e. The van der Waals surface area contributed by atoms with E-state index >= 15 is 0 Å². The number of nitro benzene ring substituents is 1. The van der Waals surface area contributed by atoms with Crippen LogP contribution in [0.4, 0.5) is 5.69 Å². The van der Waals surface area contributed by atoms with Crippen LogP contribution >= 0.6 is 0 Å². The summed E-state index contributed by atoms with van der Waals surface area (Å²) in [4.78, 5) is 23.5. The Balaban J connectivity index is 2.27. The van der Waals surface area contributed by atoms with Gasteiger partial charge in [-0.1, -0.05) is 6.92 Å². The first-order valence-electron chi connectivity index (χ1n) is 8.47. The summed E-state index contributed by atoms with van der Waals surface area (Å²) in [6.07, 6.45) is 0.933. The monoisotopic (exact) mass is 367 g/mol. The number of rotatable bonds is 8. The number of ether oxygens (including phenoxy) is 3. The summed E-state index contributed by atoms with van der Waals surface area (Å²) in [5.74, 6) is 0.240. The molecule has 1 heterocycles. The summed E-state index contributed by atoms with van der Waals surface area (Å²) in [7, 11) is 2.94. The predicted octanol–water partition coefficient (Wildman–Crippen LogP) is 1.36. The maximum atomic E-state index is 12.7. The molecule has 1 aromatic rings. The van der Waals surface area contributed by atoms with E-state index in [0.29, 0.717) is 13.2 Å². The fraction of sp³-hybridized carbons (Fsp3) is 0.588. The Hall–Kier alpha value is -2.39. The molecule has 0 aliphatic carbocycles. The van der Waals surface area contributed by atoms with Gasteiger partial charge in [0.25, 0.3) is 11.6 Å². The topological polar surface area (TPSA) is 112 Å². The van der Waals surface area contributed by atoms with Gasteiger partial charge in [-0.15, -0.1) is 0 Å². The molecule has 0 saturated carbocycles. The van der Waals surface area contributed by atoms with Crippen LogP contribution in [0.2, 0.25) is 0 Å². The van der Waals surface area contributed by atoms with Crippen LogP contribution in [-0.4, -0.2) is 57.4 Å². The van der Waals surface area contributed by atoms with Crippen molar-refractivity contribution in [2.75, 3.05) is 40.5 Å². The highest BCUT2D eigenvalue weighted by atomic mass is 16.6. The molecule has 2 atom stereocenters. The summed E-state index contributed by atoms with van der Waals surface area (Å²) in [6, 6.07) is 2.47. The first kappa shape index (κ1) is 19.9. The number of carbonyl (C=O) groups excluding carboxylic acids is 1. The first-order chi connectivity index (χ1) is 12.5. The lowest BCUT2D eigenvalue weighted by Gasteiger charge is -2.30. The quantitative estimate of drug-likeness (QED) is 0.405. The van der Waals surface area contributed by atoms with Crippen LogP contribution in [0.5, 0.6) is 11.5 Å². The lowest BCUT2D eigenvalue weighted by Crippen LogP contribution is -2.50. The normalized spacial score (nSPS) is 19.7. The molecule has 1 fully saturated rings. The van der Waals surface area contributed by atoms with E-state index in [-0.39, 0.29) is 41.3 Å². The van der Waals surface area contributed by atoms with E-state index in [1.54, 1.807) is 0 Å². The van der Waals surface area contributed by atoms with E-state index in [2.05, 4.69) is 10.6 Å². The van der Waals surface area contributed by atoms with Crippen LogP contribution in [0.1, 0.15) is 23.7 Å². The van der Waals surface area contributed by atoms with Gasteiger partial charge in [-0.05, 0) is 18.9 Å². The molecular weight excluding hydrogens is 342 g/mol. The zero-order valence-electron chi connectivity index (χ0n) is 15.2. The highest BCUT2D eigenvalue weighted by Crippen LogP contribution is 2.35. The Morgan fingerprint density at radius 1 is 1.35 bits per heavy atom. The number of hydrogen-bond acceptors (Lipinski definition) is 7. The number of methoxy groups -OCH3 is 2. The largest absolute Gasteiger partial charge is 0.493 e. The van der Waals surface area contributed by atoms with Crippen molar-refractivity contribution in [3.8, 4) is 11.5 Å². The van der Waals surface area contributed by atoms with Crippen molar-refractivity contribution in [3.05, 3.63) is 27.8 Å². The Bertz CT molecular complexity index is 652. The third kappa shape index (κ3) is 4.83. The maximum absolute atomic E-state index is 12.7. The van der Waals surface area contributed by atoms with Crippen LogP contribution in [0, 0.1) is 16.0 Å². The Morgan fingerprint density at radius 2 is 2.12 bits per heavy atom. The minimum absolute atomic E-state index is 0.0521. The van der Waals surface area contributed by atoms with Gasteiger partial charge in [0.1, 0.15) is 12.2 Å². The molecule has 2 unspecified atom stereocenters. The molecule has 2 N–H and O–H groups in total. The fourth-order valence-electron chi connectivity index (χ4n) is 2.82. The zero-order valence-corrected chi connectivity index (χ0v) is 15.2. The van der Waals surface area contributed by atoms with Crippen molar-refractivity contribution in [3.63, 3.8) is 0 Å². The summed E-state index contributed by atoms with van der Waals surface area (Å²) < 4.78 is 15.6. The van der Waals surface area contributed by atoms with Gasteiger partial charge in [-0.2, -0.15) is 0 Å². The van der Waals surface area contributed by atoms with Crippen molar-refractivity contribution >= 4 is 11.6 Å². The van der Waals surface area contributed by atoms with Crippen LogP contribution in [0.15, 0.2) is 12.1 Å². The molecular formula is C17H25N3O6. The highest BCUT2D eigenvalue weighted by Gasteiger charge is 2.28. The number of nitrogens with one attached hydrogen (secondary N) is 2. The summed E-state index contributed by atoms with van der Waals surface area (Å²) in [5, 5.41) is 17.6. The van der Waals surface area contributed by atoms with Gasteiger partial charge in [0.05, 0.1) is 24.7 Å². The molecule has 144 valence electrons. The Kier molecular flexibility index (Phi) is 7.16. The second-order valence-corrected chi connectivity index (χ2v) is 6.17. The molecule has 26 heavy (non-hydrogen) atoms. The highest BCUT2D eigenvalue weighted by molar-refractivity contribution is 5.99. The SMILES string of the molecule is COCCOc1cc([N+](=O)[O-])c(C(=O)NC2CNCCC2C)cc1OC. The molecule has 1 aliphatic rings. The van der Waals surface area contributed by atoms with E-state index < -0.39 is 10.8 Å². The van der Waals surface area contributed by atoms with E-state index in [1.165, 1.54) is 26.4 Å². The number of benzene rings is 1. The fourth-order valence-corrected chi connectivity index (χ4v) is 2.82. The average molecular weight is 367 g/mol. The third-order valence-electron chi connectivity index (χ3n) is 4.41. The van der Waals surface area contributed by atoms with Gasteiger partial charge < -0.3 is 24.8 Å². The Labute approximate surface area is 152 Å². The van der Waals surface area contributed by atoms with Gasteiger partial charge in [0, 0.05) is 25.8 Å². The van der Waals surface area contributed by atoms with Gasteiger partial charge in [0.2, 0.25) is 0 Å². The van der Waals surface area contributed by atoms with Gasteiger partial charge in [-0.3, -0.25) is 14.9 Å². The van der Waals surface area contributed by atoms with E-state index in [9.17, 15) is 14.9 Å². The second-order valence-electron chi connectivity index (χ2n) is 6.17. The first-order valence-corrected chi connectivity index (χ1v) is 8.47. The number of hydrogen-bond donors (Lipinski definition) is 2. The lowest BCUT2D eigenvalue weighted by molar-refractivity contribution is -0.385. The minimum atomic E-state index is -0.597. The Morgan fingerprint density at radius 3 is 2.73 bits per heavy atom. The smallest absolute Gasteiger partial charge is 0.286 e. The molecule has 1 aliphatic heterocycles. The molecule has 1 aromatic carbocycles. The van der Waals surface area contributed by atoms with Gasteiger partial charge in [-0.25, -0.2) is 0 Å². The van der Waals surface area contributed by atoms with Crippen molar-refractivity contribution in [2.24, 2.45) is 5.92 Å². The molecule has 0 radical (unpaired) electrons. The molecule has 9 heteroatoms. The number of carbonyl (C=O) groups is 1. The second kappa shape index (κ2) is 9.35. The number of nitrogens with zero attached hydrogens (tertiary/aromatic N) is 1. The van der Waals surface area contributed by atoms with E-state index in [4.69, 9.17) is 14.2 Å². The molecule has 2 rings (SSSR count). The third-order valence-corrected chi connectivity index (χ3v) is 4.41. The van der Waals surface area contributed by atoms with Crippen molar-refractivity contribution in [1.82, 2.24) is 10.6 Å². The van der Waals surface area contributed by atoms with Crippen molar-refractivity contribution in [2.45, 2.75) is 19.4 Å². The van der Waals surface area contributed by atoms with E-state index in [0.717, 1.165) is 13.0 Å². The number of piperidine rings is 1. The van der Waals surface area contributed by atoms with Crippen LogP contribution < -0.4 is 20.1 Å². The van der Waals surface area contributed by atoms with Crippen molar-refractivity contribution < 1.29 is 23.9 Å². The molecule has 0 bridgehead atoms. The van der Waals surface area contributed by atoms with E-state index in [1.807, 2.05) is 6.92 Å². The zero-order chi connectivity index (χ0) is 19.1. The lowest BCUT2D eigenvalue weighted by atomic mass is 9.94. The van der Waals surface area contributed by atoms with Crippen LogP contribution in [0.25, 0.3) is 0 Å². The molecule has 0 spiro atoms. The van der Waals surface area contributed by atoms with Crippen LogP contribution in [-0.2, 0) is 4.74 Å². The average Bonchev–Trinajstić information content (AvgIpc) is 2.63. The standard InChI is InChI=1S/C17H25N3O6/c1-11-4-5-18-10-13(11)19-17(21)12-8-15(25-3)16(26-7-6-24-2)9-14(12)20(22)23/h8-9,11,13,18H,4-7,10H2,1-3H3,(H,19,21). The molecule has 1 amide bonds. The number of amides is 1. The maximum Gasteiger partial charge on any atom is 0.286 e. The summed E-state index contributed by atoms with van der Waals surface area (Å²) >= 11 is 0. The molecule has 1 saturated heterocycles. The van der Waals surface area contributed by atoms with Crippen LogP contribution in [0.3, 0.4) is 0 Å². The molecule has 0 aromatic heterocycles. The predicted molar refractivity (Wildman–Crippen MR) is 94.9 cm³/mol. The van der Waals surface area contributed by atoms with Gasteiger partial charge in [0.15, 0.2) is 11.5 Å². The number of nitro groups is 1. The molecule has 9 nitrogen and oxygen atoms in total. The van der Waals surface area contributed by atoms with Gasteiger partial charge >= 0.3 is 0 Å².